The van der Waals surface area contributed by atoms with Gasteiger partial charge in [-0.15, -0.1) is 0 Å². The molecule has 0 saturated carbocycles. The molecule has 2 saturated heterocycles. The number of hydrogen-bond acceptors (Lipinski definition) is 2. The predicted octanol–water partition coefficient (Wildman–Crippen LogP) is 3.43. The second-order valence-electron chi connectivity index (χ2n) is 7.02. The van der Waals surface area contributed by atoms with Gasteiger partial charge in [0, 0.05) is 32.4 Å². The van der Waals surface area contributed by atoms with Crippen LogP contribution in [0.3, 0.4) is 0 Å². The van der Waals surface area contributed by atoms with Crippen LogP contribution >= 0.6 is 7.44 Å². The standard InChI is InChI=1S/C18H27N4OP/c1-16-18(22-15-9-4-10-17(22)19-16)24(23,20-11-5-2-6-12-20)21-13-7-3-8-14-21/h4,9-10,15H,2-3,5-8,11-14H2,1H3. The molecule has 0 atom stereocenters. The molecule has 2 aliphatic rings. The van der Waals surface area contributed by atoms with E-state index in [1.807, 2.05) is 31.3 Å². The third-order valence-electron chi connectivity index (χ3n) is 5.38. The lowest BCUT2D eigenvalue weighted by atomic mass is 10.2. The summed E-state index contributed by atoms with van der Waals surface area (Å²) in [5.74, 6) is 0. The van der Waals surface area contributed by atoms with Gasteiger partial charge in [-0.2, -0.15) is 0 Å². The van der Waals surface area contributed by atoms with E-state index < -0.39 is 7.44 Å². The van der Waals surface area contributed by atoms with Crippen molar-refractivity contribution in [3.8, 4) is 0 Å². The summed E-state index contributed by atoms with van der Waals surface area (Å²) in [4.78, 5) is 4.71. The molecule has 0 amide bonds. The first-order valence-electron chi connectivity index (χ1n) is 9.26. The maximum atomic E-state index is 14.6. The normalized spacial score (nSPS) is 21.4. The molecule has 4 heterocycles. The molecule has 2 aliphatic heterocycles. The predicted molar refractivity (Wildman–Crippen MR) is 98.0 cm³/mol. The Bertz CT molecular complexity index is 737. The van der Waals surface area contributed by atoms with Gasteiger partial charge < -0.3 is 0 Å². The van der Waals surface area contributed by atoms with E-state index in [4.69, 9.17) is 4.98 Å². The molecule has 130 valence electrons. The summed E-state index contributed by atoms with van der Waals surface area (Å²) in [5, 5.41) is 0. The quantitative estimate of drug-likeness (QED) is 0.799. The summed E-state index contributed by atoms with van der Waals surface area (Å²) in [7, 11) is -2.79. The third-order valence-corrected chi connectivity index (χ3v) is 8.80. The molecular formula is C18H27N4OP. The van der Waals surface area contributed by atoms with E-state index in [1.54, 1.807) is 0 Å². The van der Waals surface area contributed by atoms with Crippen molar-refractivity contribution in [3.63, 3.8) is 0 Å². The first kappa shape index (κ1) is 16.3. The average molecular weight is 346 g/mol. The fourth-order valence-electron chi connectivity index (χ4n) is 4.19. The van der Waals surface area contributed by atoms with Gasteiger partial charge in [-0.25, -0.2) is 14.3 Å². The van der Waals surface area contributed by atoms with Crippen LogP contribution in [-0.4, -0.2) is 44.9 Å². The fraction of sp³-hybridized carbons (Fsp3) is 0.611. The zero-order valence-electron chi connectivity index (χ0n) is 14.5. The summed E-state index contributed by atoms with van der Waals surface area (Å²) in [5.41, 5.74) is 2.75. The van der Waals surface area contributed by atoms with Crippen LogP contribution < -0.4 is 5.44 Å². The Hall–Kier alpha value is -1.16. The largest absolute Gasteiger partial charge is 0.295 e. The molecule has 0 aliphatic carbocycles. The summed E-state index contributed by atoms with van der Waals surface area (Å²) in [6.07, 6.45) is 9.11. The number of fused-ring (bicyclic) bond motifs is 1. The van der Waals surface area contributed by atoms with Crippen molar-refractivity contribution < 1.29 is 4.57 Å². The summed E-state index contributed by atoms with van der Waals surface area (Å²) < 4.78 is 21.2. The Morgan fingerprint density at radius 2 is 1.50 bits per heavy atom. The van der Waals surface area contributed by atoms with Crippen molar-refractivity contribution >= 4 is 18.5 Å². The smallest absolute Gasteiger partial charge is 0.263 e. The molecule has 5 nitrogen and oxygen atoms in total. The van der Waals surface area contributed by atoms with Crippen LogP contribution in [0.4, 0.5) is 0 Å². The Morgan fingerprint density at radius 1 is 0.917 bits per heavy atom. The first-order valence-corrected chi connectivity index (χ1v) is 10.9. The average Bonchev–Trinajstić information content (AvgIpc) is 2.99. The number of rotatable bonds is 3. The van der Waals surface area contributed by atoms with Crippen LogP contribution in [0.1, 0.15) is 44.2 Å². The Labute approximate surface area is 144 Å². The number of aromatic nitrogens is 2. The van der Waals surface area contributed by atoms with E-state index >= 15 is 0 Å². The van der Waals surface area contributed by atoms with Crippen molar-refractivity contribution in [2.45, 2.75) is 45.4 Å². The van der Waals surface area contributed by atoms with Crippen LogP contribution in [0.2, 0.25) is 0 Å². The number of hydrogen-bond donors (Lipinski definition) is 0. The topological polar surface area (TPSA) is 40.9 Å². The van der Waals surface area contributed by atoms with Gasteiger partial charge in [0.15, 0.2) is 0 Å². The second kappa shape index (κ2) is 6.62. The molecule has 0 unspecified atom stereocenters. The third kappa shape index (κ3) is 2.63. The van der Waals surface area contributed by atoms with Gasteiger partial charge in [0.2, 0.25) is 0 Å². The zero-order chi connectivity index (χ0) is 16.6. The lowest BCUT2D eigenvalue weighted by Crippen LogP contribution is -2.43. The van der Waals surface area contributed by atoms with E-state index in [0.717, 1.165) is 68.6 Å². The Morgan fingerprint density at radius 3 is 2.08 bits per heavy atom. The van der Waals surface area contributed by atoms with Gasteiger partial charge in [-0.05, 0) is 44.7 Å². The molecule has 24 heavy (non-hydrogen) atoms. The number of nitrogens with zero attached hydrogens (tertiary/aromatic N) is 4. The molecule has 4 rings (SSSR count). The molecule has 0 radical (unpaired) electrons. The fourth-order valence-corrected chi connectivity index (χ4v) is 7.66. The minimum absolute atomic E-state index is 0.902. The Balaban J connectivity index is 1.87. The monoisotopic (exact) mass is 346 g/mol. The van der Waals surface area contributed by atoms with Crippen molar-refractivity contribution in [1.82, 2.24) is 18.7 Å². The summed E-state index contributed by atoms with van der Waals surface area (Å²) in [6.45, 7) is 5.77. The zero-order valence-corrected chi connectivity index (χ0v) is 15.4. The number of piperidine rings is 2. The van der Waals surface area contributed by atoms with Crippen LogP contribution in [-0.2, 0) is 4.57 Å². The molecule has 2 aromatic rings. The van der Waals surface area contributed by atoms with E-state index in [-0.39, 0.29) is 0 Å². The van der Waals surface area contributed by atoms with E-state index in [0.29, 0.717) is 0 Å². The Kier molecular flexibility index (Phi) is 4.50. The van der Waals surface area contributed by atoms with E-state index in [1.165, 1.54) is 12.8 Å². The molecule has 2 aromatic heterocycles. The van der Waals surface area contributed by atoms with Crippen LogP contribution in [0.25, 0.3) is 5.65 Å². The second-order valence-corrected chi connectivity index (χ2v) is 9.67. The SMILES string of the molecule is Cc1nc2ccccn2c1P(=O)(N1CCCCC1)N1CCCCC1. The lowest BCUT2D eigenvalue weighted by molar-refractivity contribution is 0.282. The molecule has 6 heteroatoms. The highest BCUT2D eigenvalue weighted by Crippen LogP contribution is 2.54. The van der Waals surface area contributed by atoms with Crippen LogP contribution in [0.15, 0.2) is 24.4 Å². The van der Waals surface area contributed by atoms with Gasteiger partial charge in [0.1, 0.15) is 11.1 Å². The van der Waals surface area contributed by atoms with Crippen molar-refractivity contribution in [2.24, 2.45) is 0 Å². The van der Waals surface area contributed by atoms with Gasteiger partial charge in [0.05, 0.1) is 5.69 Å². The molecule has 0 aromatic carbocycles. The number of pyridine rings is 1. The molecule has 2 fully saturated rings. The van der Waals surface area contributed by atoms with E-state index in [9.17, 15) is 4.57 Å². The van der Waals surface area contributed by atoms with Gasteiger partial charge in [-0.3, -0.25) is 8.97 Å². The molecule has 0 N–H and O–H groups in total. The minimum atomic E-state index is -2.79. The maximum Gasteiger partial charge on any atom is 0.263 e. The first-order chi connectivity index (χ1) is 11.7. The van der Waals surface area contributed by atoms with Crippen molar-refractivity contribution in [3.05, 3.63) is 30.1 Å². The van der Waals surface area contributed by atoms with Crippen molar-refractivity contribution in [1.29, 1.82) is 0 Å². The maximum absolute atomic E-state index is 14.6. The van der Waals surface area contributed by atoms with E-state index in [2.05, 4.69) is 13.7 Å². The molecule has 0 spiro atoms. The highest BCUT2D eigenvalue weighted by atomic mass is 31.2. The van der Waals surface area contributed by atoms with Crippen molar-refractivity contribution in [2.75, 3.05) is 26.2 Å². The van der Waals surface area contributed by atoms with Gasteiger partial charge >= 0.3 is 0 Å². The number of aryl methyl sites for hydroxylation is 1. The van der Waals surface area contributed by atoms with Crippen LogP contribution in [0.5, 0.6) is 0 Å². The lowest BCUT2D eigenvalue weighted by Gasteiger charge is -2.42. The summed E-state index contributed by atoms with van der Waals surface area (Å²) >= 11 is 0. The highest BCUT2D eigenvalue weighted by Gasteiger charge is 2.43. The van der Waals surface area contributed by atoms with Gasteiger partial charge in [-0.1, -0.05) is 18.9 Å². The van der Waals surface area contributed by atoms with Gasteiger partial charge in [0.25, 0.3) is 7.44 Å². The molecular weight excluding hydrogens is 319 g/mol. The minimum Gasteiger partial charge on any atom is -0.295 e. The number of imidazole rings is 1. The summed E-state index contributed by atoms with van der Waals surface area (Å²) in [6, 6.07) is 6.01. The van der Waals surface area contributed by atoms with Crippen LogP contribution in [0, 0.1) is 6.92 Å². The molecule has 0 bridgehead atoms. The highest BCUT2D eigenvalue weighted by molar-refractivity contribution is 7.67.